The van der Waals surface area contributed by atoms with Gasteiger partial charge in [-0.05, 0) is 32.6 Å². The van der Waals surface area contributed by atoms with Crippen molar-refractivity contribution in [2.24, 2.45) is 5.92 Å². The number of carbonyl (C=O) groups is 1. The lowest BCUT2D eigenvalue weighted by Crippen LogP contribution is -2.45. The average Bonchev–Trinajstić information content (AvgIpc) is 2.28. The molecule has 1 aromatic rings. The molecule has 0 aromatic carbocycles. The molecule has 0 spiro atoms. The number of aryl methyl sites for hydroxylation is 1. The smallest absolute Gasteiger partial charge is 0.259 e. The van der Waals surface area contributed by atoms with Crippen molar-refractivity contribution in [1.82, 2.24) is 9.88 Å². The van der Waals surface area contributed by atoms with Gasteiger partial charge >= 0.3 is 0 Å². The third kappa shape index (κ3) is 2.47. The van der Waals surface area contributed by atoms with Gasteiger partial charge in [-0.2, -0.15) is 0 Å². The number of nitrogens with one attached hydrogen (secondary N) is 1. The summed E-state index contributed by atoms with van der Waals surface area (Å²) in [5, 5.41) is 0. The largest absolute Gasteiger partial charge is 0.364 e. The van der Waals surface area contributed by atoms with E-state index in [1.54, 1.807) is 6.92 Å². The number of aromatic amines is 1. The highest BCUT2D eigenvalue weighted by Crippen LogP contribution is 2.23. The summed E-state index contributed by atoms with van der Waals surface area (Å²) in [5.41, 5.74) is 0.834. The molecular weight excluding hydrogens is 228 g/mol. The molecule has 1 saturated heterocycles. The summed E-state index contributed by atoms with van der Waals surface area (Å²) in [4.78, 5) is 28.9. The molecule has 2 unspecified atom stereocenters. The standard InChI is InChI=1S/C14H20N2O2/c1-9-4-5-16(11(3)6-9)14(18)12-8-15-10(2)7-13(12)17/h7-9,11H,4-6H2,1-3H3,(H,15,17). The molecule has 1 fully saturated rings. The van der Waals surface area contributed by atoms with Crippen LogP contribution in [0.1, 0.15) is 42.7 Å². The van der Waals surface area contributed by atoms with Crippen molar-refractivity contribution in [3.8, 4) is 0 Å². The van der Waals surface area contributed by atoms with Crippen LogP contribution in [0.5, 0.6) is 0 Å². The molecule has 0 radical (unpaired) electrons. The minimum atomic E-state index is -0.193. The number of H-pyrrole nitrogens is 1. The highest BCUT2D eigenvalue weighted by Gasteiger charge is 2.28. The van der Waals surface area contributed by atoms with Gasteiger partial charge in [-0.1, -0.05) is 6.92 Å². The van der Waals surface area contributed by atoms with Crippen molar-refractivity contribution in [2.75, 3.05) is 6.54 Å². The lowest BCUT2D eigenvalue weighted by atomic mass is 9.93. The molecule has 1 aliphatic rings. The molecule has 1 amide bonds. The van der Waals surface area contributed by atoms with Crippen molar-refractivity contribution in [3.05, 3.63) is 33.7 Å². The number of piperidine rings is 1. The summed E-state index contributed by atoms with van der Waals surface area (Å²) >= 11 is 0. The third-order valence-corrected chi connectivity index (χ3v) is 3.69. The normalized spacial score (nSPS) is 24.1. The number of hydrogen-bond donors (Lipinski definition) is 1. The lowest BCUT2D eigenvalue weighted by molar-refractivity contribution is 0.0587. The van der Waals surface area contributed by atoms with Gasteiger partial charge in [0, 0.05) is 30.5 Å². The number of aromatic nitrogens is 1. The Hall–Kier alpha value is -1.58. The molecule has 1 N–H and O–H groups in total. The topological polar surface area (TPSA) is 53.2 Å². The quantitative estimate of drug-likeness (QED) is 0.825. The van der Waals surface area contributed by atoms with E-state index in [2.05, 4.69) is 18.8 Å². The van der Waals surface area contributed by atoms with E-state index in [0.717, 1.165) is 25.1 Å². The van der Waals surface area contributed by atoms with Crippen LogP contribution in [-0.2, 0) is 0 Å². The Bertz CT molecular complexity index is 507. The van der Waals surface area contributed by atoms with Crippen molar-refractivity contribution in [3.63, 3.8) is 0 Å². The van der Waals surface area contributed by atoms with Crippen LogP contribution in [-0.4, -0.2) is 28.4 Å². The second kappa shape index (κ2) is 4.96. The van der Waals surface area contributed by atoms with E-state index >= 15 is 0 Å². The fraction of sp³-hybridized carbons (Fsp3) is 0.571. The molecule has 2 rings (SSSR count). The summed E-state index contributed by atoms with van der Waals surface area (Å²) in [6.45, 7) is 6.81. The molecule has 2 heterocycles. The van der Waals surface area contributed by atoms with E-state index in [1.165, 1.54) is 12.3 Å². The predicted molar refractivity (Wildman–Crippen MR) is 70.7 cm³/mol. The molecule has 18 heavy (non-hydrogen) atoms. The van der Waals surface area contributed by atoms with E-state index < -0.39 is 0 Å². The number of hydrogen-bond acceptors (Lipinski definition) is 2. The number of pyridine rings is 1. The molecule has 0 aliphatic carbocycles. The maximum Gasteiger partial charge on any atom is 0.259 e. The Labute approximate surface area is 107 Å². The van der Waals surface area contributed by atoms with Crippen LogP contribution in [0.3, 0.4) is 0 Å². The van der Waals surface area contributed by atoms with Crippen LogP contribution in [0.15, 0.2) is 17.1 Å². The molecule has 4 nitrogen and oxygen atoms in total. The summed E-state index contributed by atoms with van der Waals surface area (Å²) < 4.78 is 0. The third-order valence-electron chi connectivity index (χ3n) is 3.69. The van der Waals surface area contributed by atoms with Crippen LogP contribution in [0.2, 0.25) is 0 Å². The molecular formula is C14H20N2O2. The van der Waals surface area contributed by atoms with Crippen LogP contribution >= 0.6 is 0 Å². The molecule has 2 atom stereocenters. The van der Waals surface area contributed by atoms with Crippen LogP contribution in [0, 0.1) is 12.8 Å². The van der Waals surface area contributed by atoms with Crippen molar-refractivity contribution >= 4 is 5.91 Å². The first-order chi connectivity index (χ1) is 8.49. The Morgan fingerprint density at radius 1 is 1.44 bits per heavy atom. The average molecular weight is 248 g/mol. The van der Waals surface area contributed by atoms with Crippen LogP contribution in [0.4, 0.5) is 0 Å². The summed E-state index contributed by atoms with van der Waals surface area (Å²) in [5.74, 6) is 0.510. The summed E-state index contributed by atoms with van der Waals surface area (Å²) in [6, 6.07) is 1.69. The first kappa shape index (κ1) is 12.9. The number of carbonyl (C=O) groups excluding carboxylic acids is 1. The molecule has 98 valence electrons. The highest BCUT2D eigenvalue weighted by atomic mass is 16.2. The zero-order valence-electron chi connectivity index (χ0n) is 11.2. The van der Waals surface area contributed by atoms with Gasteiger partial charge in [-0.25, -0.2) is 0 Å². The van der Waals surface area contributed by atoms with Crippen LogP contribution < -0.4 is 5.43 Å². The van der Waals surface area contributed by atoms with Gasteiger partial charge in [-0.3, -0.25) is 9.59 Å². The fourth-order valence-electron chi connectivity index (χ4n) is 2.60. The van der Waals surface area contributed by atoms with E-state index in [1.807, 2.05) is 4.90 Å². The predicted octanol–water partition coefficient (Wildman–Crippen LogP) is 1.94. The van der Waals surface area contributed by atoms with Crippen molar-refractivity contribution < 1.29 is 4.79 Å². The number of rotatable bonds is 1. The van der Waals surface area contributed by atoms with E-state index in [0.29, 0.717) is 5.92 Å². The van der Waals surface area contributed by atoms with Gasteiger partial charge in [-0.15, -0.1) is 0 Å². The van der Waals surface area contributed by atoms with Gasteiger partial charge in [0.2, 0.25) is 0 Å². The number of amides is 1. The summed E-state index contributed by atoms with van der Waals surface area (Å²) in [6.07, 6.45) is 3.56. The number of nitrogens with zero attached hydrogens (tertiary/aromatic N) is 1. The number of likely N-dealkylation sites (tertiary alicyclic amines) is 1. The minimum Gasteiger partial charge on any atom is -0.364 e. The monoisotopic (exact) mass is 248 g/mol. The maximum absolute atomic E-state index is 12.4. The van der Waals surface area contributed by atoms with E-state index in [-0.39, 0.29) is 22.9 Å². The Morgan fingerprint density at radius 2 is 2.17 bits per heavy atom. The zero-order valence-corrected chi connectivity index (χ0v) is 11.2. The Kier molecular flexibility index (Phi) is 3.55. The molecule has 0 bridgehead atoms. The maximum atomic E-state index is 12.4. The van der Waals surface area contributed by atoms with Gasteiger partial charge in [0.15, 0.2) is 5.43 Å². The first-order valence-electron chi connectivity index (χ1n) is 6.49. The fourth-order valence-corrected chi connectivity index (χ4v) is 2.60. The lowest BCUT2D eigenvalue weighted by Gasteiger charge is -2.36. The molecule has 1 aliphatic heterocycles. The van der Waals surface area contributed by atoms with Crippen LogP contribution in [0.25, 0.3) is 0 Å². The Balaban J connectivity index is 2.23. The van der Waals surface area contributed by atoms with Crippen molar-refractivity contribution in [2.45, 2.75) is 39.7 Å². The van der Waals surface area contributed by atoms with Gasteiger partial charge in [0.05, 0.1) is 0 Å². The SMILES string of the molecule is Cc1cc(=O)c(C(=O)N2CCC(C)CC2C)c[nH]1. The summed E-state index contributed by atoms with van der Waals surface area (Å²) in [7, 11) is 0. The zero-order chi connectivity index (χ0) is 13.3. The second-order valence-electron chi connectivity index (χ2n) is 5.37. The Morgan fingerprint density at radius 3 is 2.78 bits per heavy atom. The van der Waals surface area contributed by atoms with Crippen molar-refractivity contribution in [1.29, 1.82) is 0 Å². The second-order valence-corrected chi connectivity index (χ2v) is 5.37. The van der Waals surface area contributed by atoms with Gasteiger partial charge < -0.3 is 9.88 Å². The van der Waals surface area contributed by atoms with E-state index in [9.17, 15) is 9.59 Å². The van der Waals surface area contributed by atoms with E-state index in [4.69, 9.17) is 0 Å². The minimum absolute atomic E-state index is 0.143. The highest BCUT2D eigenvalue weighted by molar-refractivity contribution is 5.94. The molecule has 4 heteroatoms. The molecule has 1 aromatic heterocycles. The first-order valence-corrected chi connectivity index (χ1v) is 6.49. The van der Waals surface area contributed by atoms with Gasteiger partial charge in [0.1, 0.15) is 5.56 Å². The molecule has 0 saturated carbocycles. The van der Waals surface area contributed by atoms with Gasteiger partial charge in [0.25, 0.3) is 5.91 Å².